The first-order valence-corrected chi connectivity index (χ1v) is 12.0. The minimum Gasteiger partial charge on any atom is -0.378 e. The molecular weight excluding hydrogens is 492 g/mol. The van der Waals surface area contributed by atoms with Crippen molar-refractivity contribution in [1.82, 2.24) is 20.1 Å². The largest absolute Gasteiger partial charge is 0.379 e. The van der Waals surface area contributed by atoms with E-state index < -0.39 is 18.9 Å². The third-order valence-electron chi connectivity index (χ3n) is 6.08. The lowest BCUT2D eigenvalue weighted by Gasteiger charge is -2.26. The molecule has 4 heterocycles. The normalized spacial score (nSPS) is 21.3. The van der Waals surface area contributed by atoms with Gasteiger partial charge in [-0.05, 0) is 49.6 Å². The summed E-state index contributed by atoms with van der Waals surface area (Å²) in [7, 11) is 0. The first kappa shape index (κ1) is 28.1. The molecule has 200 valence electrons. The second-order valence-electron chi connectivity index (χ2n) is 8.53. The number of fused-ring (bicyclic) bond motifs is 1. The summed E-state index contributed by atoms with van der Waals surface area (Å²) in [5, 5.41) is 19.2. The van der Waals surface area contributed by atoms with Crippen LogP contribution in [0.15, 0.2) is 41.3 Å². The zero-order chi connectivity index (χ0) is 26.8. The number of pyridine rings is 1. The molecule has 8 nitrogen and oxygen atoms in total. The van der Waals surface area contributed by atoms with E-state index in [0.717, 1.165) is 18.7 Å². The number of hydrogen-bond acceptors (Lipinski definition) is 6. The Morgan fingerprint density at radius 3 is 2.51 bits per heavy atom. The Kier molecular flexibility index (Phi) is 10.5. The standard InChI is InChI=1S/C22H26FN5O2.C2H3N.CHF3/c23-16-13-30-12-9-18(16)28-19-8-11-25-22(29)20(19)21(27-28)26-15-6-4-14(5-7-15)17-3-1-2-10-24-17;1-2-3;2-1(3)4/h4-8,11,16-18,24H,1-3,9-10,12-13H2,(H,25,29)(H,26,27);1H3;1H. The molecule has 5 rings (SSSR count). The average Bonchev–Trinajstić information content (AvgIpc) is 3.25. The van der Waals surface area contributed by atoms with Crippen LogP contribution < -0.4 is 16.2 Å². The quantitative estimate of drug-likeness (QED) is 0.402. The highest BCUT2D eigenvalue weighted by atomic mass is 19.4. The summed E-state index contributed by atoms with van der Waals surface area (Å²) in [5.74, 6) is 0.439. The van der Waals surface area contributed by atoms with E-state index in [1.807, 2.05) is 12.1 Å². The minimum atomic E-state index is -3.67. The van der Waals surface area contributed by atoms with Crippen molar-refractivity contribution in [2.75, 3.05) is 25.1 Å². The van der Waals surface area contributed by atoms with Crippen molar-refractivity contribution < 1.29 is 22.3 Å². The van der Waals surface area contributed by atoms with Crippen LogP contribution in [0.5, 0.6) is 0 Å². The van der Waals surface area contributed by atoms with Gasteiger partial charge in [-0.3, -0.25) is 9.48 Å². The topological polar surface area (TPSA) is 108 Å². The van der Waals surface area contributed by atoms with E-state index in [4.69, 9.17) is 10.00 Å². The highest BCUT2D eigenvalue weighted by Crippen LogP contribution is 2.31. The summed E-state index contributed by atoms with van der Waals surface area (Å²) in [6, 6.07) is 11.7. The van der Waals surface area contributed by atoms with Crippen LogP contribution in [-0.2, 0) is 4.74 Å². The molecule has 2 aromatic heterocycles. The number of ether oxygens (including phenoxy) is 1. The van der Waals surface area contributed by atoms with Crippen molar-refractivity contribution in [3.63, 3.8) is 0 Å². The van der Waals surface area contributed by atoms with Crippen molar-refractivity contribution in [3.8, 4) is 6.07 Å². The van der Waals surface area contributed by atoms with Gasteiger partial charge in [0.2, 0.25) is 0 Å². The number of halogens is 4. The molecule has 3 N–H and O–H groups in total. The fourth-order valence-electron chi connectivity index (χ4n) is 4.48. The maximum absolute atomic E-state index is 14.5. The molecule has 12 heteroatoms. The summed E-state index contributed by atoms with van der Waals surface area (Å²) in [5.41, 5.74) is 2.48. The van der Waals surface area contributed by atoms with Gasteiger partial charge in [0.25, 0.3) is 5.56 Å². The summed E-state index contributed by atoms with van der Waals surface area (Å²) in [6.07, 6.45) is 4.56. The number of rotatable bonds is 4. The van der Waals surface area contributed by atoms with Gasteiger partial charge in [0, 0.05) is 31.5 Å². The van der Waals surface area contributed by atoms with Crippen LogP contribution in [0.2, 0.25) is 0 Å². The van der Waals surface area contributed by atoms with E-state index in [9.17, 15) is 22.4 Å². The fraction of sp³-hybridized carbons (Fsp3) is 0.480. The van der Waals surface area contributed by atoms with Gasteiger partial charge in [0.15, 0.2) is 5.82 Å². The van der Waals surface area contributed by atoms with E-state index >= 15 is 0 Å². The van der Waals surface area contributed by atoms with Gasteiger partial charge in [-0.25, -0.2) is 4.39 Å². The lowest BCUT2D eigenvalue weighted by Crippen LogP contribution is -2.32. The van der Waals surface area contributed by atoms with Crippen molar-refractivity contribution in [2.24, 2.45) is 0 Å². The van der Waals surface area contributed by atoms with E-state index in [0.29, 0.717) is 35.8 Å². The Morgan fingerprint density at radius 2 is 1.89 bits per heavy atom. The number of benzene rings is 1. The van der Waals surface area contributed by atoms with Gasteiger partial charge < -0.3 is 20.4 Å². The van der Waals surface area contributed by atoms with E-state index in [-0.39, 0.29) is 12.2 Å². The van der Waals surface area contributed by atoms with Gasteiger partial charge in [0.05, 0.1) is 24.2 Å². The zero-order valence-corrected chi connectivity index (χ0v) is 20.4. The molecule has 2 saturated heterocycles. The highest BCUT2D eigenvalue weighted by molar-refractivity contribution is 5.91. The monoisotopic (exact) mass is 522 g/mol. The SMILES string of the molecule is CC#N.FC(F)F.O=c1[nH]ccc2c1c(Nc1ccc(C3CCCCN3)cc1)nn2C1CCOCC1F. The van der Waals surface area contributed by atoms with Crippen molar-refractivity contribution in [1.29, 1.82) is 5.26 Å². The molecule has 2 aliphatic rings. The van der Waals surface area contributed by atoms with Crippen molar-refractivity contribution in [3.05, 3.63) is 52.4 Å². The molecule has 1 aromatic carbocycles. The third kappa shape index (κ3) is 7.53. The number of anilines is 2. The number of piperidine rings is 1. The molecule has 0 spiro atoms. The minimum absolute atomic E-state index is 0.0502. The van der Waals surface area contributed by atoms with Crippen LogP contribution >= 0.6 is 0 Å². The first-order valence-electron chi connectivity index (χ1n) is 12.0. The van der Waals surface area contributed by atoms with Crippen LogP contribution in [0.4, 0.5) is 29.1 Å². The number of nitriles is 1. The molecule has 3 unspecified atom stereocenters. The summed E-state index contributed by atoms with van der Waals surface area (Å²) < 4.78 is 50.4. The lowest BCUT2D eigenvalue weighted by molar-refractivity contribution is 0.00124. The smallest absolute Gasteiger partial charge is 0.378 e. The van der Waals surface area contributed by atoms with Crippen LogP contribution in [-0.4, -0.2) is 47.4 Å². The van der Waals surface area contributed by atoms with Gasteiger partial charge in [-0.15, -0.1) is 0 Å². The van der Waals surface area contributed by atoms with Crippen LogP contribution in [0, 0.1) is 11.3 Å². The lowest BCUT2D eigenvalue weighted by atomic mass is 9.97. The summed E-state index contributed by atoms with van der Waals surface area (Å²) >= 11 is 0. The molecule has 3 aromatic rings. The predicted molar refractivity (Wildman–Crippen MR) is 132 cm³/mol. The van der Waals surface area contributed by atoms with Crippen molar-refractivity contribution >= 4 is 22.4 Å². The Balaban J connectivity index is 0.000000488. The molecule has 0 saturated carbocycles. The molecule has 3 atom stereocenters. The molecular formula is C25H30F4N6O2. The molecule has 0 aliphatic carbocycles. The van der Waals surface area contributed by atoms with Gasteiger partial charge >= 0.3 is 6.68 Å². The maximum Gasteiger partial charge on any atom is 0.379 e. The molecule has 0 radical (unpaired) electrons. The Hall–Kier alpha value is -3.43. The number of alkyl halides is 4. The van der Waals surface area contributed by atoms with Crippen LogP contribution in [0.1, 0.15) is 50.3 Å². The number of nitrogens with one attached hydrogen (secondary N) is 3. The van der Waals surface area contributed by atoms with Crippen molar-refractivity contribution in [2.45, 2.75) is 57.5 Å². The predicted octanol–water partition coefficient (Wildman–Crippen LogP) is 5.29. The fourth-order valence-corrected chi connectivity index (χ4v) is 4.48. The van der Waals surface area contributed by atoms with Gasteiger partial charge in [0.1, 0.15) is 11.6 Å². The molecule has 37 heavy (non-hydrogen) atoms. The number of aromatic amines is 1. The Morgan fingerprint density at radius 1 is 1.19 bits per heavy atom. The summed E-state index contributed by atoms with van der Waals surface area (Å²) in [6.45, 7) is -0.650. The maximum atomic E-state index is 14.5. The molecule has 2 aliphatic heterocycles. The van der Waals surface area contributed by atoms with E-state index in [2.05, 4.69) is 32.8 Å². The Bertz CT molecular complexity index is 1220. The van der Waals surface area contributed by atoms with E-state index in [1.54, 1.807) is 23.0 Å². The van der Waals surface area contributed by atoms with Gasteiger partial charge in [-0.2, -0.15) is 23.5 Å². The first-order chi connectivity index (χ1) is 17.8. The van der Waals surface area contributed by atoms with Crippen LogP contribution in [0.3, 0.4) is 0 Å². The van der Waals surface area contributed by atoms with E-state index in [1.165, 1.54) is 25.3 Å². The zero-order valence-electron chi connectivity index (χ0n) is 20.4. The van der Waals surface area contributed by atoms with Gasteiger partial charge in [-0.1, -0.05) is 18.6 Å². The number of nitrogens with zero attached hydrogens (tertiary/aromatic N) is 3. The number of H-pyrrole nitrogens is 1. The number of hydrogen-bond donors (Lipinski definition) is 3. The third-order valence-corrected chi connectivity index (χ3v) is 6.08. The highest BCUT2D eigenvalue weighted by Gasteiger charge is 2.30. The molecule has 0 amide bonds. The Labute approximate surface area is 211 Å². The second kappa shape index (κ2) is 13.8. The van der Waals surface area contributed by atoms with Crippen LogP contribution in [0.25, 0.3) is 10.9 Å². The molecule has 0 bridgehead atoms. The average molecular weight is 523 g/mol. The summed E-state index contributed by atoms with van der Waals surface area (Å²) in [4.78, 5) is 15.3. The second-order valence-corrected chi connectivity index (χ2v) is 8.53. The number of aromatic nitrogens is 3. The molecule has 2 fully saturated rings.